The first-order chi connectivity index (χ1) is 17.4. The van der Waals surface area contributed by atoms with Crippen molar-refractivity contribution in [3.8, 4) is 11.5 Å². The lowest BCUT2D eigenvalue weighted by Crippen LogP contribution is -2.29. The Bertz CT molecular complexity index is 1540. The van der Waals surface area contributed by atoms with Crippen LogP contribution in [0.5, 0.6) is 11.5 Å². The number of halogens is 1. The van der Waals surface area contributed by atoms with E-state index in [1.54, 1.807) is 24.3 Å². The van der Waals surface area contributed by atoms with E-state index in [1.807, 2.05) is 42.5 Å². The van der Waals surface area contributed by atoms with Crippen LogP contribution < -0.4 is 14.4 Å². The summed E-state index contributed by atoms with van der Waals surface area (Å²) in [6.07, 6.45) is 0. The van der Waals surface area contributed by atoms with Gasteiger partial charge in [0.1, 0.15) is 23.1 Å². The molecule has 1 heterocycles. The predicted octanol–water partition coefficient (Wildman–Crippen LogP) is 5.62. The molecule has 0 radical (unpaired) electrons. The van der Waals surface area contributed by atoms with Crippen LogP contribution in [0.15, 0.2) is 90.5 Å². The van der Waals surface area contributed by atoms with Crippen molar-refractivity contribution in [1.29, 1.82) is 0 Å². The second kappa shape index (κ2) is 9.19. The highest BCUT2D eigenvalue weighted by molar-refractivity contribution is 6.52. The van der Waals surface area contributed by atoms with Gasteiger partial charge in [-0.3, -0.25) is 14.5 Å². The number of hydrogen-bond donors (Lipinski definition) is 1. The van der Waals surface area contributed by atoms with Gasteiger partial charge in [0.15, 0.2) is 0 Å². The number of benzene rings is 4. The Balaban J connectivity index is 1.83. The van der Waals surface area contributed by atoms with E-state index >= 15 is 0 Å². The third-order valence-electron chi connectivity index (χ3n) is 6.31. The number of methoxy groups -OCH3 is 2. The molecule has 1 saturated heterocycles. The topological polar surface area (TPSA) is 76.1 Å². The van der Waals surface area contributed by atoms with Gasteiger partial charge in [0.2, 0.25) is 0 Å². The molecule has 7 heteroatoms. The number of ether oxygens (including phenoxy) is 2. The summed E-state index contributed by atoms with van der Waals surface area (Å²) < 4.78 is 24.8. The highest BCUT2D eigenvalue weighted by atomic mass is 19.1. The number of anilines is 1. The highest BCUT2D eigenvalue weighted by Crippen LogP contribution is 2.45. The summed E-state index contributed by atoms with van der Waals surface area (Å²) in [5.41, 5.74) is 0.862. The molecule has 5 rings (SSSR count). The summed E-state index contributed by atoms with van der Waals surface area (Å²) in [4.78, 5) is 28.3. The minimum atomic E-state index is -0.990. The molecule has 4 aromatic rings. The van der Waals surface area contributed by atoms with E-state index in [-0.39, 0.29) is 16.9 Å². The molecule has 1 amide bonds. The van der Waals surface area contributed by atoms with Crippen LogP contribution in [-0.4, -0.2) is 31.0 Å². The average Bonchev–Trinajstić information content (AvgIpc) is 3.17. The summed E-state index contributed by atoms with van der Waals surface area (Å²) in [5, 5.41) is 13.1. The minimum Gasteiger partial charge on any atom is -0.507 e. The van der Waals surface area contributed by atoms with Crippen molar-refractivity contribution in [2.45, 2.75) is 6.04 Å². The molecule has 0 bridgehead atoms. The number of ketones is 1. The fourth-order valence-corrected chi connectivity index (χ4v) is 4.65. The first-order valence-electron chi connectivity index (χ1n) is 11.2. The number of aliphatic hydroxyl groups excluding tert-OH is 1. The SMILES string of the molecule is COc1cccc(N2C(=O)C(=O)/C(=C(/O)c3cc(F)ccc3OC)C2c2cccc3ccccc23)c1. The van der Waals surface area contributed by atoms with Crippen molar-refractivity contribution >= 4 is 33.9 Å². The summed E-state index contributed by atoms with van der Waals surface area (Å²) in [5.74, 6) is -2.19. The summed E-state index contributed by atoms with van der Waals surface area (Å²) in [6, 6.07) is 22.5. The Morgan fingerprint density at radius 2 is 1.64 bits per heavy atom. The fraction of sp³-hybridized carbons (Fsp3) is 0.103. The van der Waals surface area contributed by atoms with Crippen molar-refractivity contribution < 1.29 is 28.6 Å². The van der Waals surface area contributed by atoms with E-state index in [9.17, 15) is 19.1 Å². The molecule has 36 heavy (non-hydrogen) atoms. The molecule has 1 fully saturated rings. The number of amides is 1. The zero-order chi connectivity index (χ0) is 25.4. The van der Waals surface area contributed by atoms with Gasteiger partial charge in [-0.05, 0) is 46.7 Å². The standard InChI is InChI=1S/C29H22FNO5/c1-35-20-10-6-9-19(16-20)31-26(22-12-5-8-17-7-3-4-11-21(17)22)25(28(33)29(31)34)27(32)23-15-18(30)13-14-24(23)36-2/h3-16,26,32H,1-2H3/b27-25+. The molecule has 1 aliphatic heterocycles. The first-order valence-corrected chi connectivity index (χ1v) is 11.2. The van der Waals surface area contributed by atoms with Gasteiger partial charge in [-0.1, -0.05) is 48.5 Å². The number of fused-ring (bicyclic) bond motifs is 1. The van der Waals surface area contributed by atoms with Crippen LogP contribution in [-0.2, 0) is 9.59 Å². The zero-order valence-corrected chi connectivity index (χ0v) is 19.6. The van der Waals surface area contributed by atoms with Crippen LogP contribution in [0.25, 0.3) is 16.5 Å². The molecular weight excluding hydrogens is 461 g/mol. The van der Waals surface area contributed by atoms with Gasteiger partial charge in [0.25, 0.3) is 11.7 Å². The van der Waals surface area contributed by atoms with Crippen LogP contribution >= 0.6 is 0 Å². The first kappa shape index (κ1) is 23.1. The Kier molecular flexibility index (Phi) is 5.90. The zero-order valence-electron chi connectivity index (χ0n) is 19.6. The molecule has 4 aromatic carbocycles. The van der Waals surface area contributed by atoms with Crippen molar-refractivity contribution in [3.63, 3.8) is 0 Å². The number of aliphatic hydroxyl groups is 1. The minimum absolute atomic E-state index is 0.0219. The van der Waals surface area contributed by atoms with Crippen molar-refractivity contribution in [1.82, 2.24) is 0 Å². The predicted molar refractivity (Wildman–Crippen MR) is 135 cm³/mol. The largest absolute Gasteiger partial charge is 0.507 e. The molecule has 0 saturated carbocycles. The molecule has 0 aliphatic carbocycles. The maximum Gasteiger partial charge on any atom is 0.300 e. The summed E-state index contributed by atoms with van der Waals surface area (Å²) >= 11 is 0. The third-order valence-corrected chi connectivity index (χ3v) is 6.31. The average molecular weight is 483 g/mol. The maximum atomic E-state index is 14.2. The monoisotopic (exact) mass is 483 g/mol. The molecule has 0 aromatic heterocycles. The smallest absolute Gasteiger partial charge is 0.300 e. The van der Waals surface area contributed by atoms with Crippen LogP contribution in [0.1, 0.15) is 17.2 Å². The van der Waals surface area contributed by atoms with E-state index in [4.69, 9.17) is 9.47 Å². The van der Waals surface area contributed by atoms with Gasteiger partial charge in [0.05, 0.1) is 31.4 Å². The number of carbonyl (C=O) groups is 2. The molecule has 6 nitrogen and oxygen atoms in total. The lowest BCUT2D eigenvalue weighted by atomic mass is 9.91. The second-order valence-corrected chi connectivity index (χ2v) is 8.28. The number of hydrogen-bond acceptors (Lipinski definition) is 5. The summed E-state index contributed by atoms with van der Waals surface area (Å²) in [7, 11) is 2.88. The molecule has 1 aliphatic rings. The molecule has 1 N–H and O–H groups in total. The van der Waals surface area contributed by atoms with Gasteiger partial charge in [-0.2, -0.15) is 0 Å². The van der Waals surface area contributed by atoms with E-state index in [0.717, 1.165) is 16.8 Å². The quantitative estimate of drug-likeness (QED) is 0.226. The third kappa shape index (κ3) is 3.75. The van der Waals surface area contributed by atoms with Crippen LogP contribution in [0.4, 0.5) is 10.1 Å². The Morgan fingerprint density at radius 1 is 0.889 bits per heavy atom. The van der Waals surface area contributed by atoms with Crippen molar-refractivity contribution in [2.75, 3.05) is 19.1 Å². The van der Waals surface area contributed by atoms with Crippen molar-refractivity contribution in [3.05, 3.63) is 107 Å². The van der Waals surface area contributed by atoms with Crippen LogP contribution in [0.3, 0.4) is 0 Å². The molecule has 1 atom stereocenters. The number of Topliss-reactive ketones (excluding diaryl/α,β-unsaturated/α-hetero) is 1. The lowest BCUT2D eigenvalue weighted by Gasteiger charge is -2.27. The molecule has 0 spiro atoms. The van der Waals surface area contributed by atoms with Gasteiger partial charge >= 0.3 is 0 Å². The van der Waals surface area contributed by atoms with Crippen LogP contribution in [0, 0.1) is 5.82 Å². The molecular formula is C29H22FNO5. The van der Waals surface area contributed by atoms with Gasteiger partial charge in [-0.25, -0.2) is 4.39 Å². The number of nitrogens with zero attached hydrogens (tertiary/aromatic N) is 1. The van der Waals surface area contributed by atoms with Gasteiger partial charge in [-0.15, -0.1) is 0 Å². The van der Waals surface area contributed by atoms with E-state index in [2.05, 4.69) is 0 Å². The van der Waals surface area contributed by atoms with E-state index < -0.39 is 29.3 Å². The normalized spacial score (nSPS) is 17.0. The highest BCUT2D eigenvalue weighted by Gasteiger charge is 2.47. The maximum absolute atomic E-state index is 14.2. The van der Waals surface area contributed by atoms with E-state index in [1.165, 1.54) is 31.3 Å². The second-order valence-electron chi connectivity index (χ2n) is 8.28. The number of carbonyl (C=O) groups excluding carboxylic acids is 2. The Hall–Kier alpha value is -4.65. The lowest BCUT2D eigenvalue weighted by molar-refractivity contribution is -0.132. The fourth-order valence-electron chi connectivity index (χ4n) is 4.65. The summed E-state index contributed by atoms with van der Waals surface area (Å²) in [6.45, 7) is 0. The molecule has 180 valence electrons. The van der Waals surface area contributed by atoms with Gasteiger partial charge < -0.3 is 14.6 Å². The number of rotatable bonds is 5. The Labute approximate surface area is 206 Å². The molecule has 1 unspecified atom stereocenters. The van der Waals surface area contributed by atoms with Crippen LogP contribution in [0.2, 0.25) is 0 Å². The Morgan fingerprint density at radius 3 is 2.42 bits per heavy atom. The van der Waals surface area contributed by atoms with Crippen molar-refractivity contribution in [2.24, 2.45) is 0 Å². The van der Waals surface area contributed by atoms with Gasteiger partial charge in [0, 0.05) is 11.8 Å². The van der Waals surface area contributed by atoms with E-state index in [0.29, 0.717) is 17.0 Å².